The van der Waals surface area contributed by atoms with Gasteiger partial charge in [-0.25, -0.2) is 9.97 Å². The molecule has 0 aliphatic carbocycles. The van der Waals surface area contributed by atoms with Gasteiger partial charge in [-0.3, -0.25) is 9.20 Å². The number of imidazole rings is 1. The number of anilines is 1. The van der Waals surface area contributed by atoms with Gasteiger partial charge in [0.05, 0.1) is 5.69 Å². The standard InChI is InChI=1S/C16H15ClN4O/c1-3-12-14(21-8-6-11(17)9-13(21)19-12)16(22)20-15-10(2)5-4-7-18-15/h4-9H,3H2,1-2H3,(H,18,20,22). The molecule has 1 N–H and O–H groups in total. The molecule has 1 amide bonds. The number of hydrogen-bond donors (Lipinski definition) is 1. The number of pyridine rings is 2. The summed E-state index contributed by atoms with van der Waals surface area (Å²) >= 11 is 5.99. The highest BCUT2D eigenvalue weighted by molar-refractivity contribution is 6.30. The first-order valence-electron chi connectivity index (χ1n) is 6.99. The number of nitrogens with zero attached hydrogens (tertiary/aromatic N) is 3. The summed E-state index contributed by atoms with van der Waals surface area (Å²) in [7, 11) is 0. The maximum Gasteiger partial charge on any atom is 0.275 e. The monoisotopic (exact) mass is 314 g/mol. The fourth-order valence-electron chi connectivity index (χ4n) is 2.34. The first kappa shape index (κ1) is 14.5. The summed E-state index contributed by atoms with van der Waals surface area (Å²) in [5.74, 6) is 0.326. The van der Waals surface area contributed by atoms with Crippen molar-refractivity contribution in [2.45, 2.75) is 20.3 Å². The lowest BCUT2D eigenvalue weighted by Crippen LogP contribution is -2.17. The van der Waals surface area contributed by atoms with Crippen LogP contribution in [0.1, 0.15) is 28.7 Å². The van der Waals surface area contributed by atoms with E-state index >= 15 is 0 Å². The smallest absolute Gasteiger partial charge is 0.275 e. The number of hydrogen-bond acceptors (Lipinski definition) is 3. The van der Waals surface area contributed by atoms with Crippen molar-refractivity contribution in [1.29, 1.82) is 0 Å². The quantitative estimate of drug-likeness (QED) is 0.805. The Hall–Kier alpha value is -2.40. The van der Waals surface area contributed by atoms with Gasteiger partial charge in [0, 0.05) is 23.5 Å². The van der Waals surface area contributed by atoms with Crippen LogP contribution in [0.2, 0.25) is 5.02 Å². The summed E-state index contributed by atoms with van der Waals surface area (Å²) in [4.78, 5) is 21.3. The highest BCUT2D eigenvalue weighted by Gasteiger charge is 2.19. The molecule has 0 aliphatic rings. The van der Waals surface area contributed by atoms with E-state index in [1.807, 2.05) is 26.0 Å². The second-order valence-electron chi connectivity index (χ2n) is 4.96. The molecule has 3 rings (SSSR count). The molecule has 0 aliphatic heterocycles. The van der Waals surface area contributed by atoms with Crippen molar-refractivity contribution < 1.29 is 4.79 Å². The van der Waals surface area contributed by atoms with Gasteiger partial charge in [-0.05, 0) is 31.0 Å². The van der Waals surface area contributed by atoms with E-state index < -0.39 is 0 Å². The first-order chi connectivity index (χ1) is 10.6. The summed E-state index contributed by atoms with van der Waals surface area (Å²) in [5, 5.41) is 3.44. The summed E-state index contributed by atoms with van der Waals surface area (Å²) < 4.78 is 1.75. The molecule has 3 aromatic rings. The SMILES string of the molecule is CCc1nc2cc(Cl)ccn2c1C(=O)Nc1ncccc1C. The van der Waals surface area contributed by atoms with Crippen LogP contribution in [0, 0.1) is 6.92 Å². The van der Waals surface area contributed by atoms with Gasteiger partial charge < -0.3 is 5.32 Å². The Labute approximate surface area is 133 Å². The van der Waals surface area contributed by atoms with E-state index in [-0.39, 0.29) is 5.91 Å². The molecule has 0 fully saturated rings. The molecule has 0 saturated carbocycles. The summed E-state index contributed by atoms with van der Waals surface area (Å²) in [6.45, 7) is 3.86. The molecule has 22 heavy (non-hydrogen) atoms. The van der Waals surface area contributed by atoms with Gasteiger partial charge >= 0.3 is 0 Å². The Morgan fingerprint density at radius 1 is 1.41 bits per heavy atom. The van der Waals surface area contributed by atoms with E-state index in [4.69, 9.17) is 11.6 Å². The minimum atomic E-state index is -0.228. The van der Waals surface area contributed by atoms with Gasteiger partial charge in [0.15, 0.2) is 0 Å². The Morgan fingerprint density at radius 2 is 2.23 bits per heavy atom. The fraction of sp³-hybridized carbons (Fsp3) is 0.188. The lowest BCUT2D eigenvalue weighted by molar-refractivity contribution is 0.102. The molecule has 0 atom stereocenters. The van der Waals surface area contributed by atoms with Crippen molar-refractivity contribution in [1.82, 2.24) is 14.4 Å². The van der Waals surface area contributed by atoms with E-state index in [2.05, 4.69) is 15.3 Å². The summed E-state index contributed by atoms with van der Waals surface area (Å²) in [6, 6.07) is 7.21. The van der Waals surface area contributed by atoms with Crippen molar-refractivity contribution in [3.05, 3.63) is 58.6 Å². The second-order valence-corrected chi connectivity index (χ2v) is 5.39. The molecule has 0 saturated heterocycles. The molecule has 0 spiro atoms. The molecule has 6 heteroatoms. The molecule has 0 aromatic carbocycles. The Kier molecular flexibility index (Phi) is 3.81. The summed E-state index contributed by atoms with van der Waals surface area (Å²) in [6.07, 6.45) is 4.06. The molecular formula is C16H15ClN4O. The van der Waals surface area contributed by atoms with Crippen LogP contribution < -0.4 is 5.32 Å². The van der Waals surface area contributed by atoms with Gasteiger partial charge in [0.25, 0.3) is 5.91 Å². The van der Waals surface area contributed by atoms with Crippen LogP contribution in [0.15, 0.2) is 36.7 Å². The largest absolute Gasteiger partial charge is 0.305 e. The fourth-order valence-corrected chi connectivity index (χ4v) is 2.49. The van der Waals surface area contributed by atoms with E-state index in [0.29, 0.717) is 28.6 Å². The van der Waals surface area contributed by atoms with Crippen LogP contribution in [0.25, 0.3) is 5.65 Å². The van der Waals surface area contributed by atoms with Crippen LogP contribution in [0.3, 0.4) is 0 Å². The predicted octanol–water partition coefficient (Wildman–Crippen LogP) is 3.51. The number of carbonyl (C=O) groups excluding carboxylic acids is 1. The maximum atomic E-state index is 12.7. The lowest BCUT2D eigenvalue weighted by Gasteiger charge is -2.08. The molecular weight excluding hydrogens is 300 g/mol. The Bertz CT molecular complexity index is 856. The van der Waals surface area contributed by atoms with Gasteiger partial charge in [0.1, 0.15) is 17.2 Å². The molecule has 0 radical (unpaired) electrons. The number of carbonyl (C=O) groups is 1. The van der Waals surface area contributed by atoms with Crippen molar-refractivity contribution in [3.63, 3.8) is 0 Å². The highest BCUT2D eigenvalue weighted by Crippen LogP contribution is 2.19. The lowest BCUT2D eigenvalue weighted by atomic mass is 10.2. The number of nitrogens with one attached hydrogen (secondary N) is 1. The van der Waals surface area contributed by atoms with Crippen LogP contribution in [0.4, 0.5) is 5.82 Å². The van der Waals surface area contributed by atoms with E-state index in [1.165, 1.54) is 0 Å². The van der Waals surface area contributed by atoms with Crippen LogP contribution in [-0.2, 0) is 6.42 Å². The highest BCUT2D eigenvalue weighted by atomic mass is 35.5. The zero-order chi connectivity index (χ0) is 15.7. The third-order valence-corrected chi connectivity index (χ3v) is 3.69. The zero-order valence-electron chi connectivity index (χ0n) is 12.3. The van der Waals surface area contributed by atoms with Crippen LogP contribution >= 0.6 is 11.6 Å². The van der Waals surface area contributed by atoms with Gasteiger partial charge in [-0.15, -0.1) is 0 Å². The van der Waals surface area contributed by atoms with Gasteiger partial charge in [-0.1, -0.05) is 24.6 Å². The molecule has 3 heterocycles. The normalized spacial score (nSPS) is 10.9. The number of halogens is 1. The molecule has 5 nitrogen and oxygen atoms in total. The van der Waals surface area contributed by atoms with Crippen molar-refractivity contribution in [2.24, 2.45) is 0 Å². The predicted molar refractivity (Wildman–Crippen MR) is 86.5 cm³/mol. The Morgan fingerprint density at radius 3 is 2.95 bits per heavy atom. The van der Waals surface area contributed by atoms with Crippen LogP contribution in [0.5, 0.6) is 0 Å². The number of aromatic nitrogens is 3. The number of aryl methyl sites for hydroxylation is 2. The average molecular weight is 315 g/mol. The summed E-state index contributed by atoms with van der Waals surface area (Å²) in [5.41, 5.74) is 2.81. The van der Waals surface area contributed by atoms with Crippen molar-refractivity contribution >= 4 is 29.0 Å². The van der Waals surface area contributed by atoms with Crippen molar-refractivity contribution in [3.8, 4) is 0 Å². The first-order valence-corrected chi connectivity index (χ1v) is 7.37. The third kappa shape index (κ3) is 2.55. The maximum absolute atomic E-state index is 12.7. The molecule has 0 unspecified atom stereocenters. The molecule has 3 aromatic heterocycles. The minimum Gasteiger partial charge on any atom is -0.305 e. The molecule has 0 bridgehead atoms. The molecule has 112 valence electrons. The van der Waals surface area contributed by atoms with Gasteiger partial charge in [-0.2, -0.15) is 0 Å². The van der Waals surface area contributed by atoms with Gasteiger partial charge in [0.2, 0.25) is 0 Å². The second kappa shape index (κ2) is 5.77. The number of amides is 1. The third-order valence-electron chi connectivity index (χ3n) is 3.45. The van der Waals surface area contributed by atoms with E-state index in [0.717, 1.165) is 11.3 Å². The zero-order valence-corrected chi connectivity index (χ0v) is 13.1. The number of fused-ring (bicyclic) bond motifs is 1. The number of rotatable bonds is 3. The Balaban J connectivity index is 2.05. The van der Waals surface area contributed by atoms with E-state index in [9.17, 15) is 4.79 Å². The topological polar surface area (TPSA) is 59.3 Å². The van der Waals surface area contributed by atoms with Crippen LogP contribution in [-0.4, -0.2) is 20.3 Å². The van der Waals surface area contributed by atoms with Crippen molar-refractivity contribution in [2.75, 3.05) is 5.32 Å². The van der Waals surface area contributed by atoms with E-state index in [1.54, 1.807) is 28.9 Å². The minimum absolute atomic E-state index is 0.228. The average Bonchev–Trinajstić information content (AvgIpc) is 2.87.